The van der Waals surface area contributed by atoms with Gasteiger partial charge in [0.05, 0.1) is 12.3 Å². The number of thiocarbonyl (C=S) groups is 1. The van der Waals surface area contributed by atoms with E-state index in [1.165, 1.54) is 11.1 Å². The molecule has 2 rings (SSSR count). The second-order valence-electron chi connectivity index (χ2n) is 5.65. The Hall–Kier alpha value is -1.85. The van der Waals surface area contributed by atoms with Crippen LogP contribution in [0.2, 0.25) is 0 Å². The number of nitrogens with one attached hydrogen (secondary N) is 2. The Balaban J connectivity index is 1.95. The van der Waals surface area contributed by atoms with Gasteiger partial charge >= 0.3 is 0 Å². The summed E-state index contributed by atoms with van der Waals surface area (Å²) in [7, 11) is 4.05. The number of aryl methyl sites for hydroxylation is 2. The molecule has 0 aliphatic heterocycles. The van der Waals surface area contributed by atoms with Crippen molar-refractivity contribution in [3.05, 3.63) is 53.5 Å². The van der Waals surface area contributed by atoms with Gasteiger partial charge in [0, 0.05) is 12.2 Å². The smallest absolute Gasteiger partial charge is 0.170 e. The van der Waals surface area contributed by atoms with Crippen molar-refractivity contribution in [2.75, 3.05) is 26.0 Å². The minimum atomic E-state index is 0.133. The maximum absolute atomic E-state index is 5.50. The predicted molar refractivity (Wildman–Crippen MR) is 95.3 cm³/mol. The first-order valence-electron chi connectivity index (χ1n) is 7.29. The molecule has 1 heterocycles. The minimum absolute atomic E-state index is 0.133. The second-order valence-corrected chi connectivity index (χ2v) is 6.06. The number of anilines is 1. The van der Waals surface area contributed by atoms with E-state index in [-0.39, 0.29) is 6.04 Å². The molecule has 1 atom stereocenters. The summed E-state index contributed by atoms with van der Waals surface area (Å²) in [6.45, 7) is 4.81. The first-order valence-corrected chi connectivity index (χ1v) is 7.70. The largest absolute Gasteiger partial charge is 0.468 e. The van der Waals surface area contributed by atoms with Gasteiger partial charge in [-0.2, -0.15) is 0 Å². The van der Waals surface area contributed by atoms with E-state index in [0.717, 1.165) is 11.4 Å². The Morgan fingerprint density at radius 3 is 2.68 bits per heavy atom. The van der Waals surface area contributed by atoms with Crippen molar-refractivity contribution < 1.29 is 4.42 Å². The molecule has 0 saturated carbocycles. The van der Waals surface area contributed by atoms with Gasteiger partial charge in [0.15, 0.2) is 5.11 Å². The average Bonchev–Trinajstić information content (AvgIpc) is 2.96. The molecular weight excluding hydrogens is 294 g/mol. The topological polar surface area (TPSA) is 40.4 Å². The molecule has 0 spiro atoms. The Morgan fingerprint density at radius 1 is 1.27 bits per heavy atom. The fraction of sp³-hybridized carbons (Fsp3) is 0.353. The zero-order valence-corrected chi connectivity index (χ0v) is 14.3. The standard InChI is InChI=1S/C17H23N3OS/c1-12-7-8-13(2)14(10-12)19-17(22)18-11-15(20(3)4)16-6-5-9-21-16/h5-10,15H,11H2,1-4H3,(H2,18,19,22)/t15-/m0/s1. The first-order chi connectivity index (χ1) is 10.5. The van der Waals surface area contributed by atoms with Gasteiger partial charge in [-0.3, -0.25) is 4.90 Å². The summed E-state index contributed by atoms with van der Waals surface area (Å²) in [5.41, 5.74) is 3.42. The Bertz CT molecular complexity index is 623. The van der Waals surface area contributed by atoms with E-state index in [4.69, 9.17) is 16.6 Å². The predicted octanol–water partition coefficient (Wildman–Crippen LogP) is 3.49. The highest BCUT2D eigenvalue weighted by atomic mass is 32.1. The van der Waals surface area contributed by atoms with Crippen LogP contribution in [0.5, 0.6) is 0 Å². The maximum Gasteiger partial charge on any atom is 0.170 e. The number of hydrogen-bond donors (Lipinski definition) is 2. The van der Waals surface area contributed by atoms with Crippen LogP contribution in [-0.2, 0) is 0 Å². The van der Waals surface area contributed by atoms with Crippen molar-refractivity contribution in [3.8, 4) is 0 Å². The number of likely N-dealkylation sites (N-methyl/N-ethyl adjacent to an activating group) is 1. The summed E-state index contributed by atoms with van der Waals surface area (Å²) < 4.78 is 5.50. The van der Waals surface area contributed by atoms with Gasteiger partial charge in [0.1, 0.15) is 5.76 Å². The SMILES string of the molecule is Cc1ccc(C)c(NC(=S)NC[C@@H](c2ccco2)N(C)C)c1. The third-order valence-electron chi connectivity index (χ3n) is 3.59. The Labute approximate surface area is 137 Å². The van der Waals surface area contributed by atoms with Gasteiger partial charge in [-0.1, -0.05) is 12.1 Å². The van der Waals surface area contributed by atoms with Gasteiger partial charge in [0.25, 0.3) is 0 Å². The number of nitrogens with zero attached hydrogens (tertiary/aromatic N) is 1. The molecule has 4 nitrogen and oxygen atoms in total. The minimum Gasteiger partial charge on any atom is -0.468 e. The fourth-order valence-electron chi connectivity index (χ4n) is 2.24. The summed E-state index contributed by atoms with van der Waals surface area (Å²) in [5, 5.41) is 7.15. The van der Waals surface area contributed by atoms with E-state index in [9.17, 15) is 0 Å². The van der Waals surface area contributed by atoms with E-state index in [1.807, 2.05) is 26.2 Å². The molecular formula is C17H23N3OS. The molecule has 0 unspecified atom stereocenters. The van der Waals surface area contributed by atoms with E-state index in [1.54, 1.807) is 6.26 Å². The summed E-state index contributed by atoms with van der Waals surface area (Å²) in [6.07, 6.45) is 1.69. The zero-order valence-electron chi connectivity index (χ0n) is 13.5. The lowest BCUT2D eigenvalue weighted by Crippen LogP contribution is -2.36. The first kappa shape index (κ1) is 16.5. The molecule has 0 aliphatic carbocycles. The third-order valence-corrected chi connectivity index (χ3v) is 3.84. The van der Waals surface area contributed by atoms with Gasteiger partial charge in [-0.05, 0) is 69.5 Å². The highest BCUT2D eigenvalue weighted by Gasteiger charge is 2.17. The molecule has 0 amide bonds. The van der Waals surface area contributed by atoms with Gasteiger partial charge < -0.3 is 15.1 Å². The van der Waals surface area contributed by atoms with Gasteiger partial charge in [0.2, 0.25) is 0 Å². The molecule has 0 aliphatic rings. The van der Waals surface area contributed by atoms with E-state index in [2.05, 4.69) is 47.6 Å². The Kier molecular flexibility index (Phi) is 5.57. The molecule has 1 aromatic heterocycles. The fourth-order valence-corrected chi connectivity index (χ4v) is 2.44. The Morgan fingerprint density at radius 2 is 2.05 bits per heavy atom. The lowest BCUT2D eigenvalue weighted by Gasteiger charge is -2.23. The molecule has 0 saturated heterocycles. The molecule has 0 bridgehead atoms. The van der Waals surface area contributed by atoms with Crippen molar-refractivity contribution in [1.82, 2.24) is 10.2 Å². The average molecular weight is 317 g/mol. The summed E-state index contributed by atoms with van der Waals surface area (Å²) in [5.74, 6) is 0.923. The van der Waals surface area contributed by atoms with Crippen LogP contribution in [0, 0.1) is 13.8 Å². The van der Waals surface area contributed by atoms with E-state index in [0.29, 0.717) is 11.7 Å². The lowest BCUT2D eigenvalue weighted by molar-refractivity contribution is 0.259. The van der Waals surface area contributed by atoms with Crippen LogP contribution in [0.4, 0.5) is 5.69 Å². The van der Waals surface area contributed by atoms with Crippen LogP contribution in [0.1, 0.15) is 22.9 Å². The quantitative estimate of drug-likeness (QED) is 0.826. The molecule has 118 valence electrons. The number of rotatable bonds is 5. The van der Waals surface area contributed by atoms with Gasteiger partial charge in [-0.15, -0.1) is 0 Å². The molecule has 22 heavy (non-hydrogen) atoms. The van der Waals surface area contributed by atoms with E-state index >= 15 is 0 Å². The summed E-state index contributed by atoms with van der Waals surface area (Å²) in [6, 6.07) is 10.3. The molecule has 2 N–H and O–H groups in total. The normalized spacial score (nSPS) is 12.2. The molecule has 5 heteroatoms. The number of hydrogen-bond acceptors (Lipinski definition) is 3. The van der Waals surface area contributed by atoms with Crippen LogP contribution < -0.4 is 10.6 Å². The zero-order chi connectivity index (χ0) is 16.1. The lowest BCUT2D eigenvalue weighted by atomic mass is 10.1. The highest BCUT2D eigenvalue weighted by Crippen LogP contribution is 2.18. The third kappa shape index (κ3) is 4.32. The summed E-state index contributed by atoms with van der Waals surface area (Å²) in [4.78, 5) is 2.10. The molecule has 2 aromatic rings. The van der Waals surface area contributed by atoms with Crippen LogP contribution in [0.15, 0.2) is 41.0 Å². The number of furan rings is 1. The molecule has 1 aromatic carbocycles. The van der Waals surface area contributed by atoms with E-state index < -0.39 is 0 Å². The maximum atomic E-state index is 5.50. The second kappa shape index (κ2) is 7.42. The van der Waals surface area contributed by atoms with Crippen LogP contribution in [0.25, 0.3) is 0 Å². The van der Waals surface area contributed by atoms with Crippen LogP contribution >= 0.6 is 12.2 Å². The van der Waals surface area contributed by atoms with Crippen molar-refractivity contribution >= 4 is 23.0 Å². The van der Waals surface area contributed by atoms with Crippen molar-refractivity contribution in [3.63, 3.8) is 0 Å². The van der Waals surface area contributed by atoms with Gasteiger partial charge in [-0.25, -0.2) is 0 Å². The van der Waals surface area contributed by atoms with Crippen LogP contribution in [-0.4, -0.2) is 30.7 Å². The van der Waals surface area contributed by atoms with Crippen molar-refractivity contribution in [2.24, 2.45) is 0 Å². The highest BCUT2D eigenvalue weighted by molar-refractivity contribution is 7.80. The van der Waals surface area contributed by atoms with Crippen molar-refractivity contribution in [1.29, 1.82) is 0 Å². The number of benzene rings is 1. The molecule has 0 fully saturated rings. The summed E-state index contributed by atoms with van der Waals surface area (Å²) >= 11 is 5.40. The van der Waals surface area contributed by atoms with Crippen molar-refractivity contribution in [2.45, 2.75) is 19.9 Å². The van der Waals surface area contributed by atoms with Crippen LogP contribution in [0.3, 0.4) is 0 Å². The monoisotopic (exact) mass is 317 g/mol. The molecule has 0 radical (unpaired) electrons.